The molecule has 17 heavy (non-hydrogen) atoms. The van der Waals surface area contributed by atoms with Crippen LogP contribution in [0.1, 0.15) is 28.0 Å². The first kappa shape index (κ1) is 13.3. The quantitative estimate of drug-likeness (QED) is 0.810. The molecule has 0 aliphatic heterocycles. The van der Waals surface area contributed by atoms with E-state index in [-0.39, 0.29) is 23.6 Å². The monoisotopic (exact) mass is 246 g/mol. The summed E-state index contributed by atoms with van der Waals surface area (Å²) in [5.41, 5.74) is 4.37. The van der Waals surface area contributed by atoms with Crippen molar-refractivity contribution < 1.29 is 23.0 Å². The van der Waals surface area contributed by atoms with Gasteiger partial charge in [0.1, 0.15) is 5.56 Å². The lowest BCUT2D eigenvalue weighted by Crippen LogP contribution is -2.14. The van der Waals surface area contributed by atoms with E-state index in [9.17, 15) is 13.6 Å². The highest BCUT2D eigenvalue weighted by Crippen LogP contribution is 2.32. The number of hydrogen-bond acceptors (Lipinski definition) is 5. The number of esters is 1. The van der Waals surface area contributed by atoms with E-state index in [1.807, 2.05) is 0 Å². The Kier molecular flexibility index (Phi) is 4.33. The van der Waals surface area contributed by atoms with Gasteiger partial charge in [0.2, 0.25) is 0 Å². The molecule has 0 amide bonds. The van der Waals surface area contributed by atoms with Crippen molar-refractivity contribution in [1.29, 1.82) is 0 Å². The number of hydrogen-bond donors (Lipinski definition) is 1. The number of alkyl halides is 2. The van der Waals surface area contributed by atoms with Gasteiger partial charge in [-0.25, -0.2) is 13.6 Å². The molecule has 0 aliphatic rings. The fourth-order valence-corrected chi connectivity index (χ4v) is 1.41. The summed E-state index contributed by atoms with van der Waals surface area (Å²) in [5.74, 6) is -0.974. The summed E-state index contributed by atoms with van der Waals surface area (Å²) in [5, 5.41) is 0. The Balaban J connectivity index is 3.52. The second-order valence-corrected chi connectivity index (χ2v) is 3.06. The van der Waals surface area contributed by atoms with Gasteiger partial charge in [-0.15, -0.1) is 0 Å². The summed E-state index contributed by atoms with van der Waals surface area (Å²) in [4.78, 5) is 15.2. The molecule has 5 nitrogen and oxygen atoms in total. The maximum atomic E-state index is 12.9. The number of halogens is 2. The van der Waals surface area contributed by atoms with Crippen molar-refractivity contribution >= 4 is 5.97 Å². The highest BCUT2D eigenvalue weighted by atomic mass is 19.3. The summed E-state index contributed by atoms with van der Waals surface area (Å²) in [6.07, 6.45) is -1.72. The third kappa shape index (κ3) is 2.50. The number of nitrogens with two attached hydrogens (primary N) is 1. The van der Waals surface area contributed by atoms with Crippen molar-refractivity contribution in [3.63, 3.8) is 0 Å². The Morgan fingerprint density at radius 1 is 1.53 bits per heavy atom. The highest BCUT2D eigenvalue weighted by Gasteiger charge is 2.27. The van der Waals surface area contributed by atoms with Gasteiger partial charge in [0.15, 0.2) is 5.75 Å². The van der Waals surface area contributed by atoms with E-state index < -0.39 is 18.0 Å². The molecular weight excluding hydrogens is 234 g/mol. The van der Waals surface area contributed by atoms with E-state index >= 15 is 0 Å². The number of ether oxygens (including phenoxy) is 2. The molecule has 2 N–H and O–H groups in total. The Bertz CT molecular complexity index is 424. The first-order valence-corrected chi connectivity index (χ1v) is 4.69. The largest absolute Gasteiger partial charge is 0.494 e. The molecule has 0 fully saturated rings. The lowest BCUT2D eigenvalue weighted by atomic mass is 10.1. The molecule has 0 radical (unpaired) electrons. The zero-order chi connectivity index (χ0) is 13.0. The molecule has 1 aromatic heterocycles. The van der Waals surface area contributed by atoms with Gasteiger partial charge in [0.25, 0.3) is 6.43 Å². The van der Waals surface area contributed by atoms with E-state index in [2.05, 4.69) is 9.72 Å². The fraction of sp³-hybridized carbons (Fsp3) is 0.400. The van der Waals surface area contributed by atoms with Crippen molar-refractivity contribution in [2.24, 2.45) is 5.73 Å². The van der Waals surface area contributed by atoms with Gasteiger partial charge in [0, 0.05) is 6.54 Å². The second-order valence-electron chi connectivity index (χ2n) is 3.06. The van der Waals surface area contributed by atoms with Crippen LogP contribution >= 0.6 is 0 Å². The molecule has 0 saturated heterocycles. The van der Waals surface area contributed by atoms with Crippen LogP contribution in [-0.4, -0.2) is 25.2 Å². The van der Waals surface area contributed by atoms with Crippen LogP contribution in [0.25, 0.3) is 0 Å². The van der Waals surface area contributed by atoms with E-state index in [1.54, 1.807) is 0 Å². The summed E-state index contributed by atoms with van der Waals surface area (Å²) in [7, 11) is 2.35. The van der Waals surface area contributed by atoms with Crippen molar-refractivity contribution in [3.8, 4) is 5.75 Å². The zero-order valence-electron chi connectivity index (χ0n) is 9.37. The first-order valence-electron chi connectivity index (χ1n) is 4.69. The van der Waals surface area contributed by atoms with Gasteiger partial charge < -0.3 is 15.2 Å². The zero-order valence-corrected chi connectivity index (χ0v) is 9.37. The summed E-state index contributed by atoms with van der Waals surface area (Å²) in [6.45, 7) is -0.201. The lowest BCUT2D eigenvalue weighted by Gasteiger charge is -2.14. The van der Waals surface area contributed by atoms with Crippen LogP contribution in [0.15, 0.2) is 6.20 Å². The van der Waals surface area contributed by atoms with Crippen LogP contribution in [0, 0.1) is 0 Å². The number of aromatic nitrogens is 1. The summed E-state index contributed by atoms with van der Waals surface area (Å²) in [6, 6.07) is 0. The van der Waals surface area contributed by atoms with Crippen LogP contribution in [-0.2, 0) is 11.3 Å². The van der Waals surface area contributed by atoms with Crippen molar-refractivity contribution in [3.05, 3.63) is 23.0 Å². The minimum Gasteiger partial charge on any atom is -0.494 e. The minimum atomic E-state index is -2.88. The molecule has 0 atom stereocenters. The number of nitrogens with zero attached hydrogens (tertiary/aromatic N) is 1. The van der Waals surface area contributed by atoms with Gasteiger partial charge in [-0.05, 0) is 0 Å². The average molecular weight is 246 g/mol. The third-order valence-electron chi connectivity index (χ3n) is 2.19. The Labute approximate surface area is 96.5 Å². The SMILES string of the molecule is COC(=O)c1c(OC)cnc(CN)c1C(F)F. The van der Waals surface area contributed by atoms with Gasteiger partial charge in [-0.2, -0.15) is 0 Å². The molecule has 0 aromatic carbocycles. The smallest absolute Gasteiger partial charge is 0.342 e. The molecule has 0 aliphatic carbocycles. The number of carbonyl (C=O) groups excluding carboxylic acids is 1. The summed E-state index contributed by atoms with van der Waals surface area (Å²) >= 11 is 0. The number of methoxy groups -OCH3 is 2. The second kappa shape index (κ2) is 5.53. The average Bonchev–Trinajstić information content (AvgIpc) is 2.35. The predicted octanol–water partition coefficient (Wildman–Crippen LogP) is 1.27. The normalized spacial score (nSPS) is 10.5. The fourth-order valence-electron chi connectivity index (χ4n) is 1.41. The van der Waals surface area contributed by atoms with Gasteiger partial charge >= 0.3 is 5.97 Å². The molecule has 1 rings (SSSR count). The highest BCUT2D eigenvalue weighted by molar-refractivity contribution is 5.94. The van der Waals surface area contributed by atoms with Crippen molar-refractivity contribution in [2.75, 3.05) is 14.2 Å². The molecular formula is C10H12F2N2O3. The molecule has 0 spiro atoms. The first-order chi connectivity index (χ1) is 8.06. The van der Waals surface area contributed by atoms with Crippen LogP contribution < -0.4 is 10.5 Å². The van der Waals surface area contributed by atoms with Crippen LogP contribution in [0.4, 0.5) is 8.78 Å². The van der Waals surface area contributed by atoms with Crippen LogP contribution in [0.2, 0.25) is 0 Å². The predicted molar refractivity (Wildman–Crippen MR) is 55.0 cm³/mol. The molecule has 1 heterocycles. The van der Waals surface area contributed by atoms with E-state index in [4.69, 9.17) is 10.5 Å². The van der Waals surface area contributed by atoms with Gasteiger partial charge in [-0.1, -0.05) is 0 Å². The summed E-state index contributed by atoms with van der Waals surface area (Å²) < 4.78 is 35.1. The molecule has 7 heteroatoms. The van der Waals surface area contributed by atoms with Gasteiger partial charge in [-0.3, -0.25) is 4.98 Å². The molecule has 94 valence electrons. The maximum Gasteiger partial charge on any atom is 0.342 e. The molecule has 0 unspecified atom stereocenters. The topological polar surface area (TPSA) is 74.4 Å². The van der Waals surface area contributed by atoms with E-state index in [1.165, 1.54) is 13.3 Å². The molecule has 1 aromatic rings. The van der Waals surface area contributed by atoms with Crippen molar-refractivity contribution in [2.45, 2.75) is 13.0 Å². The number of pyridine rings is 1. The Morgan fingerprint density at radius 2 is 2.18 bits per heavy atom. The van der Waals surface area contributed by atoms with Crippen LogP contribution in [0.5, 0.6) is 5.75 Å². The Hall–Kier alpha value is -1.76. The number of rotatable bonds is 4. The Morgan fingerprint density at radius 3 is 2.59 bits per heavy atom. The van der Waals surface area contributed by atoms with Crippen molar-refractivity contribution in [1.82, 2.24) is 4.98 Å². The van der Waals surface area contributed by atoms with Gasteiger partial charge in [0.05, 0.1) is 31.7 Å². The van der Waals surface area contributed by atoms with E-state index in [0.717, 1.165) is 7.11 Å². The van der Waals surface area contributed by atoms with Crippen LogP contribution in [0.3, 0.4) is 0 Å². The number of carbonyl (C=O) groups is 1. The maximum absolute atomic E-state index is 12.9. The van der Waals surface area contributed by atoms with E-state index in [0.29, 0.717) is 0 Å². The lowest BCUT2D eigenvalue weighted by molar-refractivity contribution is 0.0584. The standard InChI is InChI=1S/C10H12F2N2O3/c1-16-6-4-14-5(3-13)7(9(11)12)8(6)10(15)17-2/h4,9H,3,13H2,1-2H3. The molecule has 0 bridgehead atoms. The minimum absolute atomic E-state index is 0.0544. The third-order valence-corrected chi connectivity index (χ3v) is 2.19. The molecule has 0 saturated carbocycles.